The summed E-state index contributed by atoms with van der Waals surface area (Å²) in [5.74, 6) is 0.949. The minimum atomic E-state index is 0.00556. The predicted octanol–water partition coefficient (Wildman–Crippen LogP) is 0.952. The van der Waals surface area contributed by atoms with Crippen LogP contribution in [0.4, 0.5) is 11.6 Å². The second-order valence-corrected chi connectivity index (χ2v) is 4.70. The first-order valence-corrected chi connectivity index (χ1v) is 6.15. The van der Waals surface area contributed by atoms with Gasteiger partial charge in [-0.05, 0) is 6.92 Å². The van der Waals surface area contributed by atoms with E-state index in [1.165, 1.54) is 6.33 Å². The molecular weight excluding hydrogens is 256 g/mol. The van der Waals surface area contributed by atoms with Crippen molar-refractivity contribution < 1.29 is 9.47 Å². The average Bonchev–Trinajstić information content (AvgIpc) is 2.32. The molecule has 6 nitrogen and oxygen atoms in total. The number of nitrogens with two attached hydrogens (primary N) is 1. The Kier molecular flexibility index (Phi) is 4.21. The number of hydrogen-bond acceptors (Lipinski definition) is 6. The Balaban J connectivity index is 2.18. The maximum absolute atomic E-state index is 6.14. The second kappa shape index (κ2) is 5.69. The molecule has 1 saturated heterocycles. The van der Waals surface area contributed by atoms with Gasteiger partial charge in [0.05, 0.1) is 18.8 Å². The van der Waals surface area contributed by atoms with Crippen LogP contribution in [0.15, 0.2) is 6.33 Å². The Morgan fingerprint density at radius 1 is 1.56 bits per heavy atom. The summed E-state index contributed by atoms with van der Waals surface area (Å²) in [6.45, 7) is 3.94. The van der Waals surface area contributed by atoms with E-state index in [0.29, 0.717) is 29.8 Å². The Morgan fingerprint density at radius 3 is 3.06 bits per heavy atom. The Hall–Kier alpha value is -1.11. The van der Waals surface area contributed by atoms with Gasteiger partial charge in [-0.25, -0.2) is 9.97 Å². The molecule has 0 bridgehead atoms. The van der Waals surface area contributed by atoms with Crippen LogP contribution in [-0.2, 0) is 9.47 Å². The van der Waals surface area contributed by atoms with Gasteiger partial charge >= 0.3 is 0 Å². The number of anilines is 2. The van der Waals surface area contributed by atoms with Crippen molar-refractivity contribution in [1.82, 2.24) is 9.97 Å². The van der Waals surface area contributed by atoms with Crippen molar-refractivity contribution in [3.05, 3.63) is 11.3 Å². The molecule has 0 radical (unpaired) electrons. The molecule has 0 aromatic carbocycles. The maximum Gasteiger partial charge on any atom is 0.153 e. The molecule has 0 amide bonds. The molecule has 1 aliphatic heterocycles. The van der Waals surface area contributed by atoms with Gasteiger partial charge in [0, 0.05) is 20.2 Å². The van der Waals surface area contributed by atoms with Crippen molar-refractivity contribution in [2.75, 3.05) is 37.4 Å². The standard InChI is InChI=1S/C11H17ClN4O2/c1-7-3-16(4-8(18-7)5-17-2)11-9(12)10(13)14-6-15-11/h6-8H,3-5H2,1-2H3,(H2,13,14,15)/t7-,8-/m0/s1. The summed E-state index contributed by atoms with van der Waals surface area (Å²) in [6, 6.07) is 0. The summed E-state index contributed by atoms with van der Waals surface area (Å²) in [4.78, 5) is 10.1. The van der Waals surface area contributed by atoms with E-state index in [1.54, 1.807) is 7.11 Å². The number of nitrogens with zero attached hydrogens (tertiary/aromatic N) is 3. The number of rotatable bonds is 3. The van der Waals surface area contributed by atoms with E-state index in [4.69, 9.17) is 26.8 Å². The molecule has 1 fully saturated rings. The molecule has 7 heteroatoms. The molecule has 18 heavy (non-hydrogen) atoms. The normalized spacial score (nSPS) is 24.3. The lowest BCUT2D eigenvalue weighted by Gasteiger charge is -2.37. The minimum absolute atomic E-state index is 0.00556. The van der Waals surface area contributed by atoms with Gasteiger partial charge in [-0.3, -0.25) is 0 Å². The zero-order chi connectivity index (χ0) is 13.1. The lowest BCUT2D eigenvalue weighted by molar-refractivity contribution is -0.0512. The zero-order valence-electron chi connectivity index (χ0n) is 10.5. The van der Waals surface area contributed by atoms with Crippen LogP contribution in [0.25, 0.3) is 0 Å². The van der Waals surface area contributed by atoms with Crippen LogP contribution < -0.4 is 10.6 Å². The molecule has 2 N–H and O–H groups in total. The van der Waals surface area contributed by atoms with Gasteiger partial charge in [0.25, 0.3) is 0 Å². The van der Waals surface area contributed by atoms with E-state index in [1.807, 2.05) is 6.92 Å². The number of halogens is 1. The summed E-state index contributed by atoms with van der Waals surface area (Å²) in [5, 5.41) is 0.391. The highest BCUT2D eigenvalue weighted by molar-refractivity contribution is 6.35. The first-order valence-electron chi connectivity index (χ1n) is 5.77. The zero-order valence-corrected chi connectivity index (χ0v) is 11.2. The van der Waals surface area contributed by atoms with E-state index in [0.717, 1.165) is 6.54 Å². The van der Waals surface area contributed by atoms with Crippen molar-refractivity contribution in [3.8, 4) is 0 Å². The Bertz CT molecular complexity index is 418. The third kappa shape index (κ3) is 2.82. The lowest BCUT2D eigenvalue weighted by Crippen LogP contribution is -2.48. The fourth-order valence-corrected chi connectivity index (χ4v) is 2.31. The average molecular weight is 273 g/mol. The molecule has 2 heterocycles. The molecule has 1 aromatic rings. The minimum Gasteiger partial charge on any atom is -0.382 e. The first kappa shape index (κ1) is 13.3. The number of methoxy groups -OCH3 is 1. The molecule has 0 saturated carbocycles. The van der Waals surface area contributed by atoms with Gasteiger partial charge in [0.1, 0.15) is 17.2 Å². The molecule has 2 rings (SSSR count). The molecular formula is C11H17ClN4O2. The van der Waals surface area contributed by atoms with Crippen LogP contribution in [-0.4, -0.2) is 49.0 Å². The third-order valence-corrected chi connectivity index (χ3v) is 3.14. The van der Waals surface area contributed by atoms with Gasteiger partial charge in [0.15, 0.2) is 5.82 Å². The summed E-state index contributed by atoms with van der Waals surface area (Å²) >= 11 is 6.14. The summed E-state index contributed by atoms with van der Waals surface area (Å²) in [7, 11) is 1.66. The third-order valence-electron chi connectivity index (χ3n) is 2.78. The first-order chi connectivity index (χ1) is 8.61. The van der Waals surface area contributed by atoms with Crippen LogP contribution in [0, 0.1) is 0 Å². The summed E-state index contributed by atoms with van der Waals surface area (Å²) < 4.78 is 10.9. The van der Waals surface area contributed by atoms with Crippen LogP contribution in [0.1, 0.15) is 6.92 Å². The fourth-order valence-electron chi connectivity index (χ4n) is 2.09. The van der Waals surface area contributed by atoms with Crippen LogP contribution in [0.2, 0.25) is 5.02 Å². The van der Waals surface area contributed by atoms with Crippen LogP contribution in [0.5, 0.6) is 0 Å². The lowest BCUT2D eigenvalue weighted by atomic mass is 10.2. The summed E-state index contributed by atoms with van der Waals surface area (Å²) in [6.07, 6.45) is 1.51. The Labute approximate surface area is 111 Å². The monoisotopic (exact) mass is 272 g/mol. The second-order valence-electron chi connectivity index (χ2n) is 4.33. The van der Waals surface area contributed by atoms with Crippen molar-refractivity contribution in [3.63, 3.8) is 0 Å². The maximum atomic E-state index is 6.14. The topological polar surface area (TPSA) is 73.5 Å². The fraction of sp³-hybridized carbons (Fsp3) is 0.636. The SMILES string of the molecule is COC[C@@H]1CN(c2ncnc(N)c2Cl)C[C@H](C)O1. The van der Waals surface area contributed by atoms with E-state index < -0.39 is 0 Å². The molecule has 2 atom stereocenters. The van der Waals surface area contributed by atoms with E-state index in [2.05, 4.69) is 14.9 Å². The van der Waals surface area contributed by atoms with Gasteiger partial charge in [0.2, 0.25) is 0 Å². The highest BCUT2D eigenvalue weighted by Gasteiger charge is 2.27. The molecule has 0 unspecified atom stereocenters. The molecule has 1 aromatic heterocycles. The number of ether oxygens (including phenoxy) is 2. The van der Waals surface area contributed by atoms with Crippen molar-refractivity contribution in [2.24, 2.45) is 0 Å². The van der Waals surface area contributed by atoms with Crippen molar-refractivity contribution >= 4 is 23.2 Å². The van der Waals surface area contributed by atoms with Gasteiger partial charge in [-0.15, -0.1) is 0 Å². The van der Waals surface area contributed by atoms with Gasteiger partial charge in [-0.2, -0.15) is 0 Å². The van der Waals surface area contributed by atoms with Crippen molar-refractivity contribution in [2.45, 2.75) is 19.1 Å². The Morgan fingerprint density at radius 2 is 2.33 bits per heavy atom. The molecule has 0 aliphatic carbocycles. The van der Waals surface area contributed by atoms with Crippen LogP contribution >= 0.6 is 11.6 Å². The molecule has 100 valence electrons. The molecule has 1 aliphatic rings. The van der Waals surface area contributed by atoms with E-state index in [-0.39, 0.29) is 12.2 Å². The number of aromatic nitrogens is 2. The smallest absolute Gasteiger partial charge is 0.153 e. The number of morpholine rings is 1. The highest BCUT2D eigenvalue weighted by atomic mass is 35.5. The van der Waals surface area contributed by atoms with E-state index in [9.17, 15) is 0 Å². The van der Waals surface area contributed by atoms with E-state index >= 15 is 0 Å². The number of hydrogen-bond donors (Lipinski definition) is 1. The molecule has 0 spiro atoms. The van der Waals surface area contributed by atoms with Crippen LogP contribution in [0.3, 0.4) is 0 Å². The number of nitrogen functional groups attached to an aromatic ring is 1. The van der Waals surface area contributed by atoms with Gasteiger partial charge < -0.3 is 20.1 Å². The largest absolute Gasteiger partial charge is 0.382 e. The van der Waals surface area contributed by atoms with Crippen molar-refractivity contribution in [1.29, 1.82) is 0 Å². The quantitative estimate of drug-likeness (QED) is 0.883. The predicted molar refractivity (Wildman–Crippen MR) is 69.9 cm³/mol. The summed E-state index contributed by atoms with van der Waals surface area (Å²) in [5.41, 5.74) is 5.69. The highest BCUT2D eigenvalue weighted by Crippen LogP contribution is 2.29. The van der Waals surface area contributed by atoms with Gasteiger partial charge in [-0.1, -0.05) is 11.6 Å².